The van der Waals surface area contributed by atoms with Crippen LogP contribution in [0.15, 0.2) is 40.4 Å². The van der Waals surface area contributed by atoms with Crippen LogP contribution in [0.3, 0.4) is 0 Å². The van der Waals surface area contributed by atoms with E-state index in [1.807, 2.05) is 12.1 Å². The number of aryl methyl sites for hydroxylation is 1. The molecule has 0 aromatic heterocycles. The second-order valence-electron chi connectivity index (χ2n) is 3.71. The second-order valence-corrected chi connectivity index (χ2v) is 4.63. The Morgan fingerprint density at radius 1 is 1.50 bits per heavy atom. The summed E-state index contributed by atoms with van der Waals surface area (Å²) >= 11 is 3.42. The summed E-state index contributed by atoms with van der Waals surface area (Å²) in [6.07, 6.45) is 4.54. The van der Waals surface area contributed by atoms with E-state index in [-0.39, 0.29) is 0 Å². The van der Waals surface area contributed by atoms with E-state index in [4.69, 9.17) is 5.11 Å². The van der Waals surface area contributed by atoms with Crippen LogP contribution in [-0.2, 0) is 11.2 Å². The van der Waals surface area contributed by atoms with Gasteiger partial charge in [0.15, 0.2) is 0 Å². The van der Waals surface area contributed by atoms with Crippen LogP contribution in [0.4, 0.5) is 0 Å². The number of unbranched alkanes of at least 4 members (excludes halogenated alkanes) is 1. The maximum atomic E-state index is 10.5. The normalized spacial score (nSPS) is 11.5. The van der Waals surface area contributed by atoms with Crippen molar-refractivity contribution in [1.29, 1.82) is 0 Å². The molecule has 0 spiro atoms. The molecule has 0 aliphatic carbocycles. The minimum Gasteiger partial charge on any atom is -0.478 e. The van der Waals surface area contributed by atoms with Gasteiger partial charge in [0.25, 0.3) is 0 Å². The fourth-order valence-electron chi connectivity index (χ4n) is 1.40. The first-order valence-corrected chi connectivity index (χ1v) is 6.03. The Kier molecular flexibility index (Phi) is 5.26. The molecule has 1 aromatic carbocycles. The lowest BCUT2D eigenvalue weighted by molar-refractivity contribution is -0.132. The van der Waals surface area contributed by atoms with Crippen LogP contribution in [0, 0.1) is 0 Å². The Balaban J connectivity index is 2.36. The molecule has 2 nitrogen and oxygen atoms in total. The molecular weight excluding hydrogens is 268 g/mol. The third kappa shape index (κ3) is 4.62. The summed E-state index contributed by atoms with van der Waals surface area (Å²) in [6.45, 7) is 1.63. The van der Waals surface area contributed by atoms with Crippen molar-refractivity contribution in [2.24, 2.45) is 0 Å². The summed E-state index contributed by atoms with van der Waals surface area (Å²) in [5, 5.41) is 8.66. The topological polar surface area (TPSA) is 37.3 Å². The summed E-state index contributed by atoms with van der Waals surface area (Å²) < 4.78 is 1.09. The molecule has 0 aliphatic heterocycles. The molecule has 16 heavy (non-hydrogen) atoms. The van der Waals surface area contributed by atoms with E-state index < -0.39 is 5.97 Å². The van der Waals surface area contributed by atoms with Crippen molar-refractivity contribution in [3.63, 3.8) is 0 Å². The first kappa shape index (κ1) is 13.0. The van der Waals surface area contributed by atoms with Gasteiger partial charge in [0, 0.05) is 10.0 Å². The van der Waals surface area contributed by atoms with Crippen LogP contribution >= 0.6 is 15.9 Å². The maximum Gasteiger partial charge on any atom is 0.330 e. The number of hydrogen-bond donors (Lipinski definition) is 1. The smallest absolute Gasteiger partial charge is 0.330 e. The van der Waals surface area contributed by atoms with E-state index >= 15 is 0 Å². The number of rotatable bonds is 5. The number of carboxylic acids is 1. The molecule has 86 valence electrons. The third-order valence-corrected chi connectivity index (χ3v) is 2.84. The largest absolute Gasteiger partial charge is 0.478 e. The van der Waals surface area contributed by atoms with Crippen molar-refractivity contribution < 1.29 is 9.90 Å². The van der Waals surface area contributed by atoms with Gasteiger partial charge in [-0.25, -0.2) is 4.79 Å². The Morgan fingerprint density at radius 3 is 2.88 bits per heavy atom. The minimum absolute atomic E-state index is 0.425. The second kappa shape index (κ2) is 6.48. The molecule has 1 aromatic rings. The summed E-state index contributed by atoms with van der Waals surface area (Å²) in [7, 11) is 0. The van der Waals surface area contributed by atoms with Gasteiger partial charge >= 0.3 is 5.97 Å². The van der Waals surface area contributed by atoms with Crippen LogP contribution in [0.5, 0.6) is 0 Å². The monoisotopic (exact) mass is 282 g/mol. The van der Waals surface area contributed by atoms with E-state index in [0.717, 1.165) is 23.7 Å². The maximum absolute atomic E-state index is 10.5. The van der Waals surface area contributed by atoms with E-state index in [0.29, 0.717) is 5.57 Å². The van der Waals surface area contributed by atoms with Gasteiger partial charge in [-0.3, -0.25) is 0 Å². The molecule has 0 saturated heterocycles. The summed E-state index contributed by atoms with van der Waals surface area (Å²) in [6, 6.07) is 8.18. The van der Waals surface area contributed by atoms with Crippen molar-refractivity contribution in [2.75, 3.05) is 0 Å². The average Bonchev–Trinajstić information content (AvgIpc) is 2.24. The van der Waals surface area contributed by atoms with E-state index in [1.54, 1.807) is 13.0 Å². The summed E-state index contributed by atoms with van der Waals surface area (Å²) in [4.78, 5) is 10.5. The molecule has 1 rings (SSSR count). The Morgan fingerprint density at radius 2 is 2.25 bits per heavy atom. The molecule has 3 heteroatoms. The van der Waals surface area contributed by atoms with Gasteiger partial charge in [0.05, 0.1) is 0 Å². The molecule has 0 atom stereocenters. The molecule has 0 aliphatic rings. The quantitative estimate of drug-likeness (QED) is 0.659. The van der Waals surface area contributed by atoms with E-state index in [9.17, 15) is 4.79 Å². The number of hydrogen-bond acceptors (Lipinski definition) is 1. The van der Waals surface area contributed by atoms with Gasteiger partial charge in [-0.1, -0.05) is 34.1 Å². The van der Waals surface area contributed by atoms with Crippen molar-refractivity contribution in [2.45, 2.75) is 26.2 Å². The molecule has 0 radical (unpaired) electrons. The lowest BCUT2D eigenvalue weighted by Gasteiger charge is -2.00. The molecule has 0 bridgehead atoms. The number of carbonyl (C=O) groups is 1. The standard InChI is InChI=1S/C13H15BrO2/c1-10(13(15)16)5-2-3-6-11-7-4-8-12(14)9-11/h4-5,7-9H,2-3,6H2,1H3,(H,15,16). The van der Waals surface area contributed by atoms with E-state index in [2.05, 4.69) is 28.1 Å². The number of benzene rings is 1. The van der Waals surface area contributed by atoms with Gasteiger partial charge in [0.1, 0.15) is 0 Å². The van der Waals surface area contributed by atoms with Crippen molar-refractivity contribution >= 4 is 21.9 Å². The van der Waals surface area contributed by atoms with Gasteiger partial charge in [-0.05, 0) is 43.9 Å². The number of halogens is 1. The lowest BCUT2D eigenvalue weighted by Crippen LogP contribution is -1.95. The molecule has 0 saturated carbocycles. The van der Waals surface area contributed by atoms with E-state index in [1.165, 1.54) is 5.56 Å². The predicted molar refractivity (Wildman–Crippen MR) is 68.5 cm³/mol. The molecule has 0 fully saturated rings. The van der Waals surface area contributed by atoms with Crippen LogP contribution in [-0.4, -0.2) is 11.1 Å². The molecule has 0 amide bonds. The minimum atomic E-state index is -0.831. The molecule has 0 unspecified atom stereocenters. The van der Waals surface area contributed by atoms with Crippen molar-refractivity contribution in [1.82, 2.24) is 0 Å². The van der Waals surface area contributed by atoms with Crippen molar-refractivity contribution in [3.05, 3.63) is 46.0 Å². The van der Waals surface area contributed by atoms with Crippen LogP contribution < -0.4 is 0 Å². The van der Waals surface area contributed by atoms with Gasteiger partial charge in [-0.15, -0.1) is 0 Å². The van der Waals surface area contributed by atoms with Gasteiger partial charge in [0.2, 0.25) is 0 Å². The first-order chi connectivity index (χ1) is 7.59. The number of allylic oxidation sites excluding steroid dienone is 1. The summed E-state index contributed by atoms with van der Waals surface area (Å²) in [5.74, 6) is -0.831. The first-order valence-electron chi connectivity index (χ1n) is 5.24. The zero-order chi connectivity index (χ0) is 12.0. The number of carboxylic acid groups (broad SMARTS) is 1. The van der Waals surface area contributed by atoms with Crippen molar-refractivity contribution in [3.8, 4) is 0 Å². The highest BCUT2D eigenvalue weighted by Crippen LogP contribution is 2.13. The van der Waals surface area contributed by atoms with Crippen LogP contribution in [0.1, 0.15) is 25.3 Å². The Bertz CT molecular complexity index is 397. The average molecular weight is 283 g/mol. The Hall–Kier alpha value is -1.09. The zero-order valence-electron chi connectivity index (χ0n) is 9.24. The third-order valence-electron chi connectivity index (χ3n) is 2.35. The molecule has 1 N–H and O–H groups in total. The SMILES string of the molecule is CC(=CCCCc1cccc(Br)c1)C(=O)O. The van der Waals surface area contributed by atoms with Gasteiger partial charge < -0.3 is 5.11 Å². The fourth-order valence-corrected chi connectivity index (χ4v) is 1.85. The molecule has 0 heterocycles. The lowest BCUT2D eigenvalue weighted by atomic mass is 10.1. The summed E-state index contributed by atoms with van der Waals surface area (Å²) in [5.41, 5.74) is 1.70. The highest BCUT2D eigenvalue weighted by molar-refractivity contribution is 9.10. The predicted octanol–water partition coefficient (Wildman–Crippen LogP) is 3.80. The van der Waals surface area contributed by atoms with Crippen LogP contribution in [0.2, 0.25) is 0 Å². The molecular formula is C13H15BrO2. The fraction of sp³-hybridized carbons (Fsp3) is 0.308. The highest BCUT2D eigenvalue weighted by Gasteiger charge is 1.98. The zero-order valence-corrected chi connectivity index (χ0v) is 10.8. The van der Waals surface area contributed by atoms with Crippen LogP contribution in [0.25, 0.3) is 0 Å². The number of aliphatic carboxylic acids is 1. The highest BCUT2D eigenvalue weighted by atomic mass is 79.9. The van der Waals surface area contributed by atoms with Gasteiger partial charge in [-0.2, -0.15) is 0 Å². The Labute approximate surface area is 104 Å².